The van der Waals surface area contributed by atoms with Gasteiger partial charge in [-0.2, -0.15) is 13.2 Å². The summed E-state index contributed by atoms with van der Waals surface area (Å²) < 4.78 is 53.4. The Bertz CT molecular complexity index is 878. The van der Waals surface area contributed by atoms with Crippen molar-refractivity contribution in [2.45, 2.75) is 87.6 Å². The van der Waals surface area contributed by atoms with Gasteiger partial charge in [-0.15, -0.1) is 0 Å². The van der Waals surface area contributed by atoms with E-state index in [1.165, 1.54) is 0 Å². The third kappa shape index (κ3) is 5.39. The summed E-state index contributed by atoms with van der Waals surface area (Å²) in [5, 5.41) is 22.9. The molecule has 0 aromatic carbocycles. The van der Waals surface area contributed by atoms with Gasteiger partial charge in [0.25, 0.3) is 0 Å². The van der Waals surface area contributed by atoms with Crippen molar-refractivity contribution in [2.24, 2.45) is 17.8 Å². The van der Waals surface area contributed by atoms with Gasteiger partial charge in [0.05, 0.1) is 24.5 Å². The average Bonchev–Trinajstić information content (AvgIpc) is 3.41. The summed E-state index contributed by atoms with van der Waals surface area (Å²) in [6.07, 6.45) is 1.04. The van der Waals surface area contributed by atoms with E-state index in [0.29, 0.717) is 30.9 Å². The van der Waals surface area contributed by atoms with Crippen molar-refractivity contribution in [3.63, 3.8) is 0 Å². The number of guanidine groups is 1. The maximum atomic E-state index is 13.6. The number of hydrogen-bond donors (Lipinski definition) is 5. The van der Waals surface area contributed by atoms with E-state index in [2.05, 4.69) is 36.0 Å². The first-order chi connectivity index (χ1) is 18.6. The number of hydrogen-bond acceptors (Lipinski definition) is 7. The highest BCUT2D eigenvalue weighted by Gasteiger charge is 2.50. The molecule has 5 N–H and O–H groups in total. The second-order valence-electron chi connectivity index (χ2n) is 12.8. The fourth-order valence-electron chi connectivity index (χ4n) is 8.10. The number of piperidine rings is 1. The van der Waals surface area contributed by atoms with Crippen LogP contribution in [0.15, 0.2) is 0 Å². The Kier molecular flexibility index (Phi) is 7.77. The van der Waals surface area contributed by atoms with Crippen molar-refractivity contribution in [1.82, 2.24) is 40.9 Å². The summed E-state index contributed by atoms with van der Waals surface area (Å²) in [5.41, 5.74) is 0. The zero-order chi connectivity index (χ0) is 27.5. The average molecular weight is 560 g/mol. The van der Waals surface area contributed by atoms with Crippen molar-refractivity contribution < 1.29 is 17.6 Å². The Balaban J connectivity index is 1.06. The summed E-state index contributed by atoms with van der Waals surface area (Å²) >= 11 is 0. The molecule has 0 aromatic heterocycles. The van der Waals surface area contributed by atoms with Gasteiger partial charge in [0.1, 0.15) is 18.4 Å². The molecule has 0 radical (unpaired) electrons. The molecule has 0 bridgehead atoms. The first-order valence-electron chi connectivity index (χ1n) is 14.8. The molecule has 5 aliphatic heterocycles. The van der Waals surface area contributed by atoms with Crippen LogP contribution >= 0.6 is 0 Å². The van der Waals surface area contributed by atoms with E-state index in [1.807, 2.05) is 11.9 Å². The molecule has 6 fully saturated rings. The number of nitrogens with one attached hydrogen (secondary N) is 5. The minimum Gasteiger partial charge on any atom is -0.338 e. The fraction of sp³-hybridized carbons (Fsp3) is 0.962. The number of halogens is 4. The highest BCUT2D eigenvalue weighted by atomic mass is 19.4. The lowest BCUT2D eigenvalue weighted by Gasteiger charge is -2.51. The fourth-order valence-corrected chi connectivity index (χ4v) is 8.10. The third-order valence-electron chi connectivity index (χ3n) is 10.4. The molecule has 1 aliphatic carbocycles. The lowest BCUT2D eigenvalue weighted by atomic mass is 9.80. The quantitative estimate of drug-likeness (QED) is 0.319. The smallest absolute Gasteiger partial charge is 0.338 e. The Morgan fingerprint density at radius 1 is 0.923 bits per heavy atom. The van der Waals surface area contributed by atoms with E-state index >= 15 is 0 Å². The summed E-state index contributed by atoms with van der Waals surface area (Å²) in [7, 11) is 3.78. The van der Waals surface area contributed by atoms with Crippen molar-refractivity contribution in [2.75, 3.05) is 53.4 Å². The van der Waals surface area contributed by atoms with Gasteiger partial charge in [-0.25, -0.2) is 4.39 Å². The van der Waals surface area contributed by atoms with Crippen molar-refractivity contribution >= 4 is 5.96 Å². The van der Waals surface area contributed by atoms with Crippen LogP contribution in [0.1, 0.15) is 38.5 Å². The van der Waals surface area contributed by atoms with Crippen LogP contribution in [0.25, 0.3) is 0 Å². The van der Waals surface area contributed by atoms with Gasteiger partial charge in [-0.3, -0.25) is 31.2 Å². The number of rotatable bonds is 5. The van der Waals surface area contributed by atoms with Crippen LogP contribution in [0.4, 0.5) is 17.6 Å². The van der Waals surface area contributed by atoms with Gasteiger partial charge in [0.2, 0.25) is 0 Å². The molecule has 0 amide bonds. The highest BCUT2D eigenvalue weighted by molar-refractivity contribution is 5.80. The van der Waals surface area contributed by atoms with Crippen molar-refractivity contribution in [3.8, 4) is 0 Å². The van der Waals surface area contributed by atoms with Crippen LogP contribution in [0.3, 0.4) is 0 Å². The molecule has 6 rings (SSSR count). The molecule has 9 nitrogen and oxygen atoms in total. The number of likely N-dealkylation sites (tertiary alicyclic amines) is 1. The maximum absolute atomic E-state index is 13.6. The molecule has 0 spiro atoms. The Labute approximate surface area is 228 Å². The van der Waals surface area contributed by atoms with Gasteiger partial charge in [-0.05, 0) is 64.0 Å². The van der Waals surface area contributed by atoms with Gasteiger partial charge in [0.15, 0.2) is 5.96 Å². The number of alkyl halides is 4. The lowest BCUT2D eigenvalue weighted by molar-refractivity contribution is -0.150. The van der Waals surface area contributed by atoms with E-state index < -0.39 is 18.4 Å². The first-order valence-corrected chi connectivity index (χ1v) is 14.8. The van der Waals surface area contributed by atoms with Gasteiger partial charge in [-0.1, -0.05) is 0 Å². The molecular weight excluding hydrogens is 514 g/mol. The summed E-state index contributed by atoms with van der Waals surface area (Å²) in [4.78, 5) is 8.33. The molecule has 6 aliphatic rings. The largest absolute Gasteiger partial charge is 0.405 e. The normalized spacial score (nSPS) is 43.1. The minimum absolute atomic E-state index is 0.0127. The van der Waals surface area contributed by atoms with Gasteiger partial charge < -0.3 is 15.1 Å². The minimum atomic E-state index is -4.21. The molecule has 1 saturated carbocycles. The topological polar surface area (TPSA) is 84.9 Å². The third-order valence-corrected chi connectivity index (χ3v) is 10.4. The molecule has 5 heterocycles. The SMILES string of the molecule is CN1CC(C(F)(F)F)NC1C1CCC(CN2C(=N)N(C)C3CNC(C4CCCNC4N4CC(F)C4)NC32)CC1. The number of nitrogens with zero attached hydrogens (tertiary/aromatic N) is 4. The summed E-state index contributed by atoms with van der Waals surface area (Å²) in [5.74, 6) is 1.49. The molecule has 7 atom stereocenters. The molecular formula is C26H45F4N9. The van der Waals surface area contributed by atoms with E-state index in [1.54, 1.807) is 7.05 Å². The molecule has 7 unspecified atom stereocenters. The first kappa shape index (κ1) is 27.9. The van der Waals surface area contributed by atoms with Gasteiger partial charge in [0, 0.05) is 45.7 Å². The molecule has 39 heavy (non-hydrogen) atoms. The van der Waals surface area contributed by atoms with Gasteiger partial charge >= 0.3 is 6.18 Å². The molecule has 13 heteroatoms. The highest BCUT2D eigenvalue weighted by Crippen LogP contribution is 2.37. The second-order valence-corrected chi connectivity index (χ2v) is 12.8. The number of likely N-dealkylation sites (N-methyl/N-ethyl adjacent to an activating group) is 2. The van der Waals surface area contributed by atoms with E-state index in [9.17, 15) is 17.6 Å². The zero-order valence-corrected chi connectivity index (χ0v) is 23.1. The van der Waals surface area contributed by atoms with Crippen molar-refractivity contribution in [3.05, 3.63) is 0 Å². The van der Waals surface area contributed by atoms with E-state index in [4.69, 9.17) is 5.41 Å². The van der Waals surface area contributed by atoms with E-state index in [-0.39, 0.29) is 43.2 Å². The van der Waals surface area contributed by atoms with Crippen LogP contribution in [0.2, 0.25) is 0 Å². The summed E-state index contributed by atoms with van der Waals surface area (Å²) in [6, 6.07) is -1.28. The Morgan fingerprint density at radius 2 is 1.67 bits per heavy atom. The zero-order valence-electron chi connectivity index (χ0n) is 23.1. The predicted octanol–water partition coefficient (Wildman–Crippen LogP) is 0.960. The van der Waals surface area contributed by atoms with E-state index in [0.717, 1.165) is 58.2 Å². The second kappa shape index (κ2) is 10.9. The molecule has 0 aromatic rings. The van der Waals surface area contributed by atoms with Crippen LogP contribution in [-0.2, 0) is 0 Å². The van der Waals surface area contributed by atoms with Crippen LogP contribution in [0, 0.1) is 23.2 Å². The molecule has 222 valence electrons. The Hall–Kier alpha value is -1.25. The van der Waals surface area contributed by atoms with Crippen LogP contribution in [-0.4, -0.2) is 128 Å². The molecule has 5 saturated heterocycles. The monoisotopic (exact) mass is 559 g/mol. The predicted molar refractivity (Wildman–Crippen MR) is 141 cm³/mol. The van der Waals surface area contributed by atoms with Crippen LogP contribution < -0.4 is 21.3 Å². The Morgan fingerprint density at radius 3 is 2.33 bits per heavy atom. The van der Waals surface area contributed by atoms with Crippen molar-refractivity contribution in [1.29, 1.82) is 5.41 Å². The lowest BCUT2D eigenvalue weighted by Crippen LogP contribution is -2.72. The standard InChI is InChI=1S/C26H45F4N9/c1-36-14-20(26(28,29)30)34-22(36)16-7-5-15(6-8-16)11-39-24-19(37(2)25(39)31)10-33-21(35-24)18-4-3-9-32-23(18)38-12-17(27)13-38/h15-24,31-35H,3-14H2,1-2H3. The maximum Gasteiger partial charge on any atom is 0.405 e. The van der Waals surface area contributed by atoms with Crippen LogP contribution in [0.5, 0.6) is 0 Å². The number of fused-ring (bicyclic) bond motifs is 1. The summed E-state index contributed by atoms with van der Waals surface area (Å²) in [6.45, 7) is 3.55.